The Hall–Kier alpha value is -1.52. The van der Waals surface area contributed by atoms with E-state index in [1.807, 2.05) is 29.2 Å². The maximum atomic E-state index is 5.89. The van der Waals surface area contributed by atoms with Crippen LogP contribution in [-0.2, 0) is 0 Å². The molecular weight excluding hydrogens is 273 g/mol. The highest BCUT2D eigenvalue weighted by atomic mass is 35.5. The van der Waals surface area contributed by atoms with Gasteiger partial charge in [0, 0.05) is 10.7 Å². The molecule has 3 rings (SSSR count). The third kappa shape index (κ3) is 2.09. The van der Waals surface area contributed by atoms with Gasteiger partial charge in [0.05, 0.1) is 12.7 Å². The summed E-state index contributed by atoms with van der Waals surface area (Å²) in [5, 5.41) is 0.908. The molecule has 0 fully saturated rings. The Morgan fingerprint density at radius 1 is 1.17 bits per heavy atom. The van der Waals surface area contributed by atoms with Crippen LogP contribution in [0.1, 0.15) is 0 Å². The topological polar surface area (TPSA) is 38.2 Å². The van der Waals surface area contributed by atoms with Gasteiger partial charge in [0.2, 0.25) is 5.28 Å². The summed E-state index contributed by atoms with van der Waals surface area (Å²) in [6.45, 7) is 1.29. The molecule has 0 atom stereocenters. The van der Waals surface area contributed by atoms with Gasteiger partial charge < -0.3 is 9.64 Å². The quantitative estimate of drug-likeness (QED) is 0.752. The normalized spacial score (nSPS) is 14.0. The fourth-order valence-corrected chi connectivity index (χ4v) is 2.12. The Morgan fingerprint density at radius 2 is 1.94 bits per heavy atom. The Kier molecular flexibility index (Phi) is 2.97. The molecule has 0 radical (unpaired) electrons. The van der Waals surface area contributed by atoms with E-state index in [2.05, 4.69) is 9.97 Å². The fraction of sp³-hybridized carbons (Fsp3) is 0.167. The lowest BCUT2D eigenvalue weighted by molar-refractivity contribution is 0.310. The Labute approximate surface area is 114 Å². The minimum atomic E-state index is 0.207. The molecule has 0 spiro atoms. The van der Waals surface area contributed by atoms with Crippen molar-refractivity contribution in [3.63, 3.8) is 0 Å². The molecule has 1 aliphatic rings. The largest absolute Gasteiger partial charge is 0.486 e. The van der Waals surface area contributed by atoms with Gasteiger partial charge in [0.25, 0.3) is 0 Å². The zero-order valence-electron chi connectivity index (χ0n) is 9.31. The molecule has 18 heavy (non-hydrogen) atoms. The van der Waals surface area contributed by atoms with Crippen LogP contribution < -0.4 is 9.64 Å². The van der Waals surface area contributed by atoms with Crippen LogP contribution in [0.25, 0.3) is 0 Å². The van der Waals surface area contributed by atoms with Crippen LogP contribution in [0, 0.1) is 0 Å². The lowest BCUT2D eigenvalue weighted by Crippen LogP contribution is -2.29. The van der Waals surface area contributed by atoms with Gasteiger partial charge >= 0.3 is 0 Å². The number of fused-ring (bicyclic) bond motifs is 1. The van der Waals surface area contributed by atoms with Gasteiger partial charge in [-0.25, -0.2) is 4.98 Å². The van der Waals surface area contributed by atoms with Gasteiger partial charge in [-0.3, -0.25) is 0 Å². The lowest BCUT2D eigenvalue weighted by Gasteiger charge is -2.29. The standard InChI is InChI=1S/C12H9Cl2N3O/c13-8-1-3-9(4-2-8)17-5-6-18-10-7-15-12(14)16-11(10)17/h1-4,7H,5-6H2. The van der Waals surface area contributed by atoms with E-state index in [-0.39, 0.29) is 5.28 Å². The zero-order chi connectivity index (χ0) is 12.5. The minimum absolute atomic E-state index is 0.207. The summed E-state index contributed by atoms with van der Waals surface area (Å²) >= 11 is 11.7. The first-order chi connectivity index (χ1) is 8.74. The number of benzene rings is 1. The van der Waals surface area contributed by atoms with E-state index < -0.39 is 0 Å². The molecule has 0 aliphatic carbocycles. The fourth-order valence-electron chi connectivity index (χ4n) is 1.86. The van der Waals surface area contributed by atoms with E-state index in [4.69, 9.17) is 27.9 Å². The second-order valence-corrected chi connectivity index (χ2v) is 4.58. The number of hydrogen-bond acceptors (Lipinski definition) is 4. The van der Waals surface area contributed by atoms with Crippen molar-refractivity contribution < 1.29 is 4.74 Å². The van der Waals surface area contributed by atoms with Gasteiger partial charge in [-0.1, -0.05) is 11.6 Å². The van der Waals surface area contributed by atoms with Gasteiger partial charge in [-0.2, -0.15) is 4.98 Å². The van der Waals surface area contributed by atoms with E-state index in [1.54, 1.807) is 6.20 Å². The second kappa shape index (κ2) is 4.63. The van der Waals surface area contributed by atoms with Crippen molar-refractivity contribution in [1.82, 2.24) is 9.97 Å². The third-order valence-electron chi connectivity index (χ3n) is 2.67. The molecule has 0 bridgehead atoms. The minimum Gasteiger partial charge on any atom is -0.486 e. The second-order valence-electron chi connectivity index (χ2n) is 3.80. The zero-order valence-corrected chi connectivity index (χ0v) is 10.8. The summed E-state index contributed by atoms with van der Waals surface area (Å²) in [7, 11) is 0. The SMILES string of the molecule is Clc1ccc(N2CCOc3cnc(Cl)nc32)cc1. The highest BCUT2D eigenvalue weighted by Crippen LogP contribution is 2.35. The first-order valence-corrected chi connectivity index (χ1v) is 6.18. The van der Waals surface area contributed by atoms with Crippen LogP contribution in [-0.4, -0.2) is 23.1 Å². The van der Waals surface area contributed by atoms with Crippen molar-refractivity contribution in [1.29, 1.82) is 0 Å². The molecule has 0 amide bonds. The number of hydrogen-bond donors (Lipinski definition) is 0. The summed E-state index contributed by atoms with van der Waals surface area (Å²) in [6, 6.07) is 7.56. The molecule has 2 aromatic rings. The van der Waals surface area contributed by atoms with Crippen LogP contribution in [0.5, 0.6) is 5.75 Å². The van der Waals surface area contributed by atoms with E-state index in [0.29, 0.717) is 29.7 Å². The van der Waals surface area contributed by atoms with Crippen molar-refractivity contribution >= 4 is 34.7 Å². The first kappa shape index (κ1) is 11.6. The smallest absolute Gasteiger partial charge is 0.224 e. The third-order valence-corrected chi connectivity index (χ3v) is 3.11. The van der Waals surface area contributed by atoms with Crippen molar-refractivity contribution in [2.24, 2.45) is 0 Å². The van der Waals surface area contributed by atoms with Crippen LogP contribution >= 0.6 is 23.2 Å². The van der Waals surface area contributed by atoms with Crippen molar-refractivity contribution in [3.8, 4) is 5.75 Å². The molecule has 0 saturated heterocycles. The average molecular weight is 282 g/mol. The lowest BCUT2D eigenvalue weighted by atomic mass is 10.2. The van der Waals surface area contributed by atoms with Crippen LogP contribution in [0.15, 0.2) is 30.5 Å². The van der Waals surface area contributed by atoms with Crippen molar-refractivity contribution in [2.45, 2.75) is 0 Å². The summed E-state index contributed by atoms with van der Waals surface area (Å²) in [5.74, 6) is 1.32. The molecule has 0 unspecified atom stereocenters. The summed E-state index contributed by atoms with van der Waals surface area (Å²) < 4.78 is 5.50. The highest BCUT2D eigenvalue weighted by molar-refractivity contribution is 6.30. The Balaban J connectivity index is 2.05. The Morgan fingerprint density at radius 3 is 2.72 bits per heavy atom. The summed E-state index contributed by atoms with van der Waals surface area (Å²) in [4.78, 5) is 10.2. The van der Waals surface area contributed by atoms with Gasteiger partial charge in [-0.05, 0) is 35.9 Å². The molecule has 6 heteroatoms. The molecule has 0 saturated carbocycles. The molecule has 4 nitrogen and oxygen atoms in total. The number of ether oxygens (including phenoxy) is 1. The maximum absolute atomic E-state index is 5.89. The number of anilines is 2. The van der Waals surface area contributed by atoms with Crippen molar-refractivity contribution in [3.05, 3.63) is 40.8 Å². The van der Waals surface area contributed by atoms with Gasteiger partial charge in [-0.15, -0.1) is 0 Å². The Bertz CT molecular complexity index is 574. The number of halogens is 2. The van der Waals surface area contributed by atoms with E-state index in [9.17, 15) is 0 Å². The molecular formula is C12H9Cl2N3O. The average Bonchev–Trinajstić information content (AvgIpc) is 2.39. The summed E-state index contributed by atoms with van der Waals surface area (Å²) in [5.41, 5.74) is 0.999. The molecule has 92 valence electrons. The highest BCUT2D eigenvalue weighted by Gasteiger charge is 2.21. The number of aromatic nitrogens is 2. The number of nitrogens with zero attached hydrogens (tertiary/aromatic N) is 3. The maximum Gasteiger partial charge on any atom is 0.224 e. The van der Waals surface area contributed by atoms with Crippen molar-refractivity contribution in [2.75, 3.05) is 18.1 Å². The number of rotatable bonds is 1. The van der Waals surface area contributed by atoms with E-state index >= 15 is 0 Å². The molecule has 1 aliphatic heterocycles. The monoisotopic (exact) mass is 281 g/mol. The molecule has 2 heterocycles. The van der Waals surface area contributed by atoms with E-state index in [0.717, 1.165) is 5.69 Å². The van der Waals surface area contributed by atoms with Gasteiger partial charge in [0.15, 0.2) is 11.6 Å². The predicted octanol–water partition coefficient (Wildman–Crippen LogP) is 3.31. The van der Waals surface area contributed by atoms with Crippen LogP contribution in [0.3, 0.4) is 0 Å². The molecule has 0 N–H and O–H groups in total. The van der Waals surface area contributed by atoms with E-state index in [1.165, 1.54) is 0 Å². The summed E-state index contributed by atoms with van der Waals surface area (Å²) in [6.07, 6.45) is 1.59. The molecule has 1 aromatic carbocycles. The first-order valence-electron chi connectivity index (χ1n) is 5.42. The molecule has 1 aromatic heterocycles. The van der Waals surface area contributed by atoms with Crippen LogP contribution in [0.2, 0.25) is 10.3 Å². The predicted molar refractivity (Wildman–Crippen MR) is 71.0 cm³/mol. The van der Waals surface area contributed by atoms with Crippen LogP contribution in [0.4, 0.5) is 11.5 Å². The van der Waals surface area contributed by atoms with Gasteiger partial charge in [0.1, 0.15) is 6.61 Å².